The van der Waals surface area contributed by atoms with Crippen LogP contribution < -0.4 is 5.32 Å². The molecule has 1 aliphatic heterocycles. The quantitative estimate of drug-likeness (QED) is 0.932. The number of nitrogens with one attached hydrogen (secondary N) is 1. The van der Waals surface area contributed by atoms with Crippen molar-refractivity contribution in [3.05, 3.63) is 47.8 Å². The van der Waals surface area contributed by atoms with E-state index in [9.17, 15) is 0 Å². The van der Waals surface area contributed by atoms with Crippen LogP contribution in [-0.4, -0.2) is 40.4 Å². The van der Waals surface area contributed by atoms with Gasteiger partial charge in [0, 0.05) is 44.0 Å². The van der Waals surface area contributed by atoms with E-state index in [1.54, 1.807) is 0 Å². The van der Waals surface area contributed by atoms with Crippen molar-refractivity contribution in [2.75, 3.05) is 19.6 Å². The Hall–Kier alpha value is -1.36. The predicted octanol–water partition coefficient (Wildman–Crippen LogP) is 3.21. The number of hydrogen-bond donors (Lipinski definition) is 1. The highest BCUT2D eigenvalue weighted by molar-refractivity contribution is 5.85. The van der Waals surface area contributed by atoms with Crippen molar-refractivity contribution in [1.29, 1.82) is 0 Å². The molecule has 0 radical (unpaired) electrons. The summed E-state index contributed by atoms with van der Waals surface area (Å²) in [6.45, 7) is 11.0. The Morgan fingerprint density at radius 3 is 2.65 bits per heavy atom. The Morgan fingerprint density at radius 1 is 1.26 bits per heavy atom. The topological polar surface area (TPSA) is 33.1 Å². The Bertz CT molecular complexity index is 609. The number of hydrogen-bond acceptors (Lipinski definition) is 3. The first-order chi connectivity index (χ1) is 10.6. The lowest BCUT2D eigenvalue weighted by Gasteiger charge is -2.31. The van der Waals surface area contributed by atoms with Gasteiger partial charge in [-0.1, -0.05) is 32.0 Å². The first kappa shape index (κ1) is 18.0. The summed E-state index contributed by atoms with van der Waals surface area (Å²) in [5.41, 5.74) is 3.70. The summed E-state index contributed by atoms with van der Waals surface area (Å²) >= 11 is 0. The van der Waals surface area contributed by atoms with Gasteiger partial charge < -0.3 is 5.32 Å². The summed E-state index contributed by atoms with van der Waals surface area (Å²) in [6.07, 6.45) is 2.21. The fourth-order valence-corrected chi connectivity index (χ4v) is 3.14. The fourth-order valence-electron chi connectivity index (χ4n) is 3.14. The lowest BCUT2D eigenvalue weighted by molar-refractivity contribution is 0.199. The van der Waals surface area contributed by atoms with E-state index in [0.29, 0.717) is 12.0 Å². The molecule has 0 aliphatic carbocycles. The molecule has 1 aliphatic rings. The van der Waals surface area contributed by atoms with Crippen molar-refractivity contribution < 1.29 is 0 Å². The van der Waals surface area contributed by atoms with Crippen LogP contribution >= 0.6 is 12.4 Å². The molecule has 1 saturated heterocycles. The second kappa shape index (κ2) is 7.95. The molecule has 1 aromatic heterocycles. The number of nitrogens with zero attached hydrogens (tertiary/aromatic N) is 3. The third-order valence-corrected chi connectivity index (χ3v) is 4.24. The molecule has 0 spiro atoms. The largest absolute Gasteiger partial charge is 0.312 e. The molecular formula is C18H27ClN4. The van der Waals surface area contributed by atoms with Crippen LogP contribution in [0.1, 0.15) is 37.9 Å². The van der Waals surface area contributed by atoms with E-state index in [2.05, 4.69) is 61.5 Å². The third-order valence-electron chi connectivity index (χ3n) is 4.24. The molecule has 4 nitrogen and oxygen atoms in total. The zero-order valence-electron chi connectivity index (χ0n) is 14.2. The van der Waals surface area contributed by atoms with Gasteiger partial charge in [0.2, 0.25) is 0 Å². The number of piperazine rings is 1. The highest BCUT2D eigenvalue weighted by Crippen LogP contribution is 2.21. The van der Waals surface area contributed by atoms with E-state index < -0.39 is 0 Å². The molecule has 2 aromatic rings. The zero-order valence-corrected chi connectivity index (χ0v) is 15.0. The molecule has 5 heteroatoms. The molecule has 1 fully saturated rings. The Morgan fingerprint density at radius 2 is 2.00 bits per heavy atom. The van der Waals surface area contributed by atoms with Gasteiger partial charge in [0.25, 0.3) is 0 Å². The second-order valence-corrected chi connectivity index (χ2v) is 6.56. The number of halogens is 1. The van der Waals surface area contributed by atoms with E-state index in [1.807, 2.05) is 10.7 Å². The van der Waals surface area contributed by atoms with Gasteiger partial charge in [0.15, 0.2) is 0 Å². The van der Waals surface area contributed by atoms with Gasteiger partial charge in [-0.15, -0.1) is 12.4 Å². The lowest BCUT2D eigenvalue weighted by Crippen LogP contribution is -2.48. The van der Waals surface area contributed by atoms with Crippen LogP contribution in [0.25, 0.3) is 5.69 Å². The van der Waals surface area contributed by atoms with E-state index in [4.69, 9.17) is 5.10 Å². The maximum absolute atomic E-state index is 4.84. The number of aromatic nitrogens is 2. The van der Waals surface area contributed by atoms with Crippen LogP contribution in [0.15, 0.2) is 36.5 Å². The molecule has 0 bridgehead atoms. The zero-order chi connectivity index (χ0) is 15.5. The first-order valence-electron chi connectivity index (χ1n) is 8.23. The smallest absolute Gasteiger partial charge is 0.0699 e. The Labute approximate surface area is 145 Å². The molecule has 1 N–H and O–H groups in total. The molecular weight excluding hydrogens is 308 g/mol. The van der Waals surface area contributed by atoms with Crippen LogP contribution in [0, 0.1) is 0 Å². The monoisotopic (exact) mass is 334 g/mol. The van der Waals surface area contributed by atoms with E-state index in [0.717, 1.165) is 31.9 Å². The molecule has 1 unspecified atom stereocenters. The van der Waals surface area contributed by atoms with Crippen molar-refractivity contribution in [3.8, 4) is 5.69 Å². The van der Waals surface area contributed by atoms with E-state index in [1.165, 1.54) is 11.3 Å². The Kier molecular flexibility index (Phi) is 6.22. The summed E-state index contributed by atoms with van der Waals surface area (Å²) in [5, 5.41) is 8.34. The van der Waals surface area contributed by atoms with Gasteiger partial charge in [0.05, 0.1) is 11.4 Å². The molecule has 126 valence electrons. The van der Waals surface area contributed by atoms with E-state index >= 15 is 0 Å². The number of para-hydroxylation sites is 1. The molecule has 1 aromatic carbocycles. The minimum absolute atomic E-state index is 0. The van der Waals surface area contributed by atoms with Crippen LogP contribution in [0.2, 0.25) is 0 Å². The molecule has 23 heavy (non-hydrogen) atoms. The maximum Gasteiger partial charge on any atom is 0.0699 e. The SMILES string of the molecule is CC1CN(Cc2cn(-c3ccccc3)nc2C(C)C)CCN1.Cl. The average Bonchev–Trinajstić information content (AvgIpc) is 2.92. The highest BCUT2D eigenvalue weighted by Gasteiger charge is 2.20. The minimum atomic E-state index is 0. The van der Waals surface area contributed by atoms with Crippen LogP contribution in [0.4, 0.5) is 0 Å². The molecule has 3 rings (SSSR count). The van der Waals surface area contributed by atoms with Gasteiger partial charge >= 0.3 is 0 Å². The summed E-state index contributed by atoms with van der Waals surface area (Å²) in [6, 6.07) is 10.9. The molecule has 0 saturated carbocycles. The van der Waals surface area contributed by atoms with Gasteiger partial charge in [-0.05, 0) is 25.0 Å². The third kappa shape index (κ3) is 4.34. The van der Waals surface area contributed by atoms with E-state index in [-0.39, 0.29) is 12.4 Å². The maximum atomic E-state index is 4.84. The van der Waals surface area contributed by atoms with Gasteiger partial charge in [-0.2, -0.15) is 5.10 Å². The molecule has 2 heterocycles. The molecule has 1 atom stereocenters. The number of rotatable bonds is 4. The molecule has 0 amide bonds. The van der Waals surface area contributed by atoms with Crippen molar-refractivity contribution in [3.63, 3.8) is 0 Å². The van der Waals surface area contributed by atoms with Gasteiger partial charge in [-0.25, -0.2) is 4.68 Å². The normalized spacial score (nSPS) is 18.9. The van der Waals surface area contributed by atoms with Crippen molar-refractivity contribution >= 4 is 12.4 Å². The van der Waals surface area contributed by atoms with Crippen LogP contribution in [0.5, 0.6) is 0 Å². The standard InChI is InChI=1S/C18H26N4.ClH/c1-14(2)18-16(12-21-10-9-19-15(3)11-21)13-22(20-18)17-7-5-4-6-8-17;/h4-8,13-15,19H,9-12H2,1-3H3;1H. The first-order valence-corrected chi connectivity index (χ1v) is 8.23. The van der Waals surface area contributed by atoms with Crippen LogP contribution in [-0.2, 0) is 6.54 Å². The summed E-state index contributed by atoms with van der Waals surface area (Å²) < 4.78 is 2.02. The lowest BCUT2D eigenvalue weighted by atomic mass is 10.1. The highest BCUT2D eigenvalue weighted by atomic mass is 35.5. The summed E-state index contributed by atoms with van der Waals surface area (Å²) in [7, 11) is 0. The van der Waals surface area contributed by atoms with Gasteiger partial charge in [0.1, 0.15) is 0 Å². The minimum Gasteiger partial charge on any atom is -0.312 e. The number of benzene rings is 1. The Balaban J connectivity index is 0.00000192. The van der Waals surface area contributed by atoms with Gasteiger partial charge in [-0.3, -0.25) is 4.90 Å². The van der Waals surface area contributed by atoms with Crippen molar-refractivity contribution in [1.82, 2.24) is 20.0 Å². The van der Waals surface area contributed by atoms with Crippen LogP contribution in [0.3, 0.4) is 0 Å². The average molecular weight is 335 g/mol. The fraction of sp³-hybridized carbons (Fsp3) is 0.500. The summed E-state index contributed by atoms with van der Waals surface area (Å²) in [5.74, 6) is 0.445. The predicted molar refractivity (Wildman–Crippen MR) is 97.6 cm³/mol. The van der Waals surface area contributed by atoms with Crippen molar-refractivity contribution in [2.24, 2.45) is 0 Å². The summed E-state index contributed by atoms with van der Waals surface area (Å²) in [4.78, 5) is 2.53. The van der Waals surface area contributed by atoms with Crippen molar-refractivity contribution in [2.45, 2.75) is 39.3 Å². The second-order valence-electron chi connectivity index (χ2n) is 6.56.